The van der Waals surface area contributed by atoms with E-state index in [-0.39, 0.29) is 18.0 Å². The first-order valence-electron chi connectivity index (χ1n) is 6.09. The van der Waals surface area contributed by atoms with Gasteiger partial charge in [0.05, 0.1) is 5.69 Å². The van der Waals surface area contributed by atoms with Crippen LogP contribution in [0, 0.1) is 12.7 Å². The minimum Gasteiger partial charge on any atom is -0.487 e. The summed E-state index contributed by atoms with van der Waals surface area (Å²) in [7, 11) is 0. The molecule has 1 aromatic heterocycles. The molecule has 2 rings (SSSR count). The zero-order chi connectivity index (χ0) is 14.3. The molecule has 0 bridgehead atoms. The lowest BCUT2D eigenvalue weighted by Crippen LogP contribution is -2.12. The molecule has 0 atom stereocenters. The van der Waals surface area contributed by atoms with Crippen molar-refractivity contribution in [2.45, 2.75) is 27.4 Å². The molecular weight excluding hydrogens is 247 g/mol. The maximum atomic E-state index is 12.9. The Kier molecular flexibility index (Phi) is 5.73. The second-order valence-corrected chi connectivity index (χ2v) is 3.57. The van der Waals surface area contributed by atoms with Crippen molar-refractivity contribution in [1.29, 1.82) is 0 Å². The van der Waals surface area contributed by atoms with Gasteiger partial charge >= 0.3 is 0 Å². The number of rotatable bonds is 3. The number of aromatic nitrogens is 2. The minimum atomic E-state index is -0.363. The predicted molar refractivity (Wildman–Crippen MR) is 71.7 cm³/mol. The van der Waals surface area contributed by atoms with E-state index in [1.165, 1.54) is 18.2 Å². The molecule has 0 spiro atoms. The highest BCUT2D eigenvalue weighted by atomic mass is 19.1. The van der Waals surface area contributed by atoms with Gasteiger partial charge in [-0.25, -0.2) is 9.37 Å². The summed E-state index contributed by atoms with van der Waals surface area (Å²) in [6, 6.07) is 7.17. The lowest BCUT2D eigenvalue weighted by atomic mass is 10.3. The van der Waals surface area contributed by atoms with Crippen LogP contribution in [0.5, 0.6) is 5.75 Å². The normalized spacial score (nSPS) is 9.47. The average Bonchev–Trinajstić information content (AvgIpc) is 2.38. The number of benzene rings is 1. The maximum absolute atomic E-state index is 12.9. The molecule has 19 heavy (non-hydrogen) atoms. The van der Waals surface area contributed by atoms with E-state index < -0.39 is 0 Å². The van der Waals surface area contributed by atoms with E-state index in [1.807, 2.05) is 13.8 Å². The molecule has 0 aliphatic carbocycles. The van der Waals surface area contributed by atoms with Crippen LogP contribution >= 0.6 is 0 Å². The Labute approximate surface area is 111 Å². The van der Waals surface area contributed by atoms with Crippen LogP contribution in [0.4, 0.5) is 4.39 Å². The predicted octanol–water partition coefficient (Wildman–Crippen LogP) is 2.82. The van der Waals surface area contributed by atoms with Crippen molar-refractivity contribution in [3.63, 3.8) is 0 Å². The van der Waals surface area contributed by atoms with Gasteiger partial charge in [-0.15, -0.1) is 0 Å². The van der Waals surface area contributed by atoms with Crippen LogP contribution in [0.1, 0.15) is 25.4 Å². The van der Waals surface area contributed by atoms with E-state index in [2.05, 4.69) is 9.97 Å². The number of nitrogens with one attached hydrogen (secondary N) is 1. The maximum Gasteiger partial charge on any atom is 0.251 e. The van der Waals surface area contributed by atoms with Crippen molar-refractivity contribution in [1.82, 2.24) is 9.97 Å². The van der Waals surface area contributed by atoms with E-state index in [0.717, 1.165) is 0 Å². The van der Waals surface area contributed by atoms with Gasteiger partial charge in [0.15, 0.2) is 0 Å². The molecule has 4 nitrogen and oxygen atoms in total. The minimum absolute atomic E-state index is 0.133. The molecule has 1 N–H and O–H groups in total. The topological polar surface area (TPSA) is 55.0 Å². The molecule has 2 aromatic rings. The Bertz CT molecular complexity index is 582. The van der Waals surface area contributed by atoms with Crippen molar-refractivity contribution in [3.05, 3.63) is 58.0 Å². The number of H-pyrrole nitrogens is 1. The van der Waals surface area contributed by atoms with Gasteiger partial charge < -0.3 is 9.72 Å². The van der Waals surface area contributed by atoms with Crippen LogP contribution in [0.3, 0.4) is 0 Å². The average molecular weight is 264 g/mol. The van der Waals surface area contributed by atoms with Crippen LogP contribution in [0.15, 0.2) is 35.1 Å². The Morgan fingerprint density at radius 2 is 2.05 bits per heavy atom. The molecule has 5 heteroatoms. The van der Waals surface area contributed by atoms with Crippen LogP contribution in [0.25, 0.3) is 0 Å². The van der Waals surface area contributed by atoms with Gasteiger partial charge in [0, 0.05) is 12.1 Å². The molecule has 0 saturated heterocycles. The second-order valence-electron chi connectivity index (χ2n) is 3.57. The second kappa shape index (κ2) is 7.31. The zero-order valence-corrected chi connectivity index (χ0v) is 11.2. The fourth-order valence-corrected chi connectivity index (χ4v) is 1.43. The summed E-state index contributed by atoms with van der Waals surface area (Å²) in [5.41, 5.74) is 0.283. The molecule has 0 unspecified atom stereocenters. The van der Waals surface area contributed by atoms with Crippen molar-refractivity contribution in [3.8, 4) is 5.75 Å². The monoisotopic (exact) mass is 264 g/mol. The van der Waals surface area contributed by atoms with E-state index in [1.54, 1.807) is 19.1 Å². The van der Waals surface area contributed by atoms with Crippen molar-refractivity contribution in [2.75, 3.05) is 0 Å². The van der Waals surface area contributed by atoms with Crippen LogP contribution in [0.2, 0.25) is 0 Å². The number of nitrogens with zero attached hydrogens (tertiary/aromatic N) is 1. The Morgan fingerprint density at radius 3 is 2.68 bits per heavy atom. The Hall–Kier alpha value is -2.17. The van der Waals surface area contributed by atoms with E-state index in [4.69, 9.17) is 4.74 Å². The van der Waals surface area contributed by atoms with Gasteiger partial charge in [-0.3, -0.25) is 4.79 Å². The molecule has 0 aliphatic rings. The lowest BCUT2D eigenvalue weighted by molar-refractivity contribution is 0.299. The van der Waals surface area contributed by atoms with Gasteiger partial charge in [0.1, 0.15) is 24.0 Å². The molecule has 0 fully saturated rings. The largest absolute Gasteiger partial charge is 0.487 e. The number of aromatic amines is 1. The summed E-state index contributed by atoms with van der Waals surface area (Å²) in [6.45, 7) is 5.82. The van der Waals surface area contributed by atoms with Crippen LogP contribution in [-0.4, -0.2) is 9.97 Å². The summed E-state index contributed by atoms with van der Waals surface area (Å²) in [4.78, 5) is 17.8. The van der Waals surface area contributed by atoms with Crippen molar-refractivity contribution >= 4 is 0 Å². The summed E-state index contributed by atoms with van der Waals surface area (Å²) in [5.74, 6) is 0.567. The fourth-order valence-electron chi connectivity index (χ4n) is 1.43. The van der Waals surface area contributed by atoms with E-state index in [9.17, 15) is 9.18 Å². The quantitative estimate of drug-likeness (QED) is 0.927. The van der Waals surface area contributed by atoms with Crippen LogP contribution < -0.4 is 10.3 Å². The van der Waals surface area contributed by atoms with Crippen LogP contribution in [-0.2, 0) is 6.61 Å². The zero-order valence-electron chi connectivity index (χ0n) is 11.2. The molecule has 0 amide bonds. The standard InChI is InChI=1S/C12H11FN2O2.C2H6/c1-8-14-10(6-12(16)15-8)7-17-11-4-2-3-9(13)5-11;1-2/h2-6H,7H2,1H3,(H,14,15,16);1-2H3. The summed E-state index contributed by atoms with van der Waals surface area (Å²) in [6.07, 6.45) is 0. The fraction of sp³-hybridized carbons (Fsp3) is 0.286. The van der Waals surface area contributed by atoms with Gasteiger partial charge in [-0.2, -0.15) is 0 Å². The molecule has 102 valence electrons. The highest BCUT2D eigenvalue weighted by Crippen LogP contribution is 2.13. The lowest BCUT2D eigenvalue weighted by Gasteiger charge is -2.05. The van der Waals surface area contributed by atoms with E-state index >= 15 is 0 Å². The van der Waals surface area contributed by atoms with Crippen molar-refractivity contribution in [2.24, 2.45) is 0 Å². The Balaban J connectivity index is 0.000000861. The third-order valence-corrected chi connectivity index (χ3v) is 2.10. The smallest absolute Gasteiger partial charge is 0.251 e. The first kappa shape index (κ1) is 14.9. The third-order valence-electron chi connectivity index (χ3n) is 2.10. The number of halogens is 1. The van der Waals surface area contributed by atoms with Gasteiger partial charge in [0.25, 0.3) is 5.56 Å². The molecule has 1 aromatic carbocycles. The molecule has 0 radical (unpaired) electrons. The molecular formula is C14H17FN2O2. The highest BCUT2D eigenvalue weighted by molar-refractivity contribution is 5.22. The number of hydrogen-bond acceptors (Lipinski definition) is 3. The molecule has 1 heterocycles. The highest BCUT2D eigenvalue weighted by Gasteiger charge is 2.00. The Morgan fingerprint density at radius 1 is 1.32 bits per heavy atom. The number of ether oxygens (including phenoxy) is 1. The van der Waals surface area contributed by atoms with E-state index in [0.29, 0.717) is 17.3 Å². The number of aryl methyl sites for hydroxylation is 1. The molecule has 0 aliphatic heterocycles. The number of hydrogen-bond donors (Lipinski definition) is 1. The first-order valence-corrected chi connectivity index (χ1v) is 6.09. The summed E-state index contributed by atoms with van der Waals surface area (Å²) in [5, 5.41) is 0. The molecule has 0 saturated carbocycles. The SMILES string of the molecule is CC.Cc1nc(COc2cccc(F)c2)cc(=O)[nH]1. The van der Waals surface area contributed by atoms with Gasteiger partial charge in [0.2, 0.25) is 0 Å². The first-order chi connectivity index (χ1) is 9.13. The third kappa shape index (κ3) is 4.91. The summed E-state index contributed by atoms with van der Waals surface area (Å²) >= 11 is 0. The summed E-state index contributed by atoms with van der Waals surface area (Å²) < 4.78 is 18.2. The van der Waals surface area contributed by atoms with Gasteiger partial charge in [-0.1, -0.05) is 19.9 Å². The van der Waals surface area contributed by atoms with Gasteiger partial charge in [-0.05, 0) is 19.1 Å². The van der Waals surface area contributed by atoms with Crippen molar-refractivity contribution < 1.29 is 9.13 Å².